The van der Waals surface area contributed by atoms with Gasteiger partial charge in [-0.3, -0.25) is 9.78 Å². The molecule has 0 spiro atoms. The predicted molar refractivity (Wildman–Crippen MR) is 99.4 cm³/mol. The van der Waals surface area contributed by atoms with Gasteiger partial charge in [0.15, 0.2) is 0 Å². The predicted octanol–water partition coefficient (Wildman–Crippen LogP) is 3.23. The Balaban J connectivity index is 1.50. The fourth-order valence-electron chi connectivity index (χ4n) is 2.13. The molecule has 3 aromatic rings. The van der Waals surface area contributed by atoms with E-state index in [1.165, 1.54) is 11.3 Å². The van der Waals surface area contributed by atoms with Crippen LogP contribution in [0.3, 0.4) is 0 Å². The molecule has 6 nitrogen and oxygen atoms in total. The van der Waals surface area contributed by atoms with Gasteiger partial charge in [-0.15, -0.1) is 11.3 Å². The lowest BCUT2D eigenvalue weighted by Gasteiger charge is -2.10. The van der Waals surface area contributed by atoms with E-state index in [0.717, 1.165) is 0 Å². The van der Waals surface area contributed by atoms with Crippen molar-refractivity contribution in [3.8, 4) is 5.75 Å². The molecule has 2 heterocycles. The molecular formula is C18H16ClN3O3S. The summed E-state index contributed by atoms with van der Waals surface area (Å²) in [5, 5.41) is 15.7. The number of rotatable bonds is 7. The first-order valence-corrected chi connectivity index (χ1v) is 9.06. The highest BCUT2D eigenvalue weighted by Crippen LogP contribution is 2.18. The maximum absolute atomic E-state index is 12.2. The van der Waals surface area contributed by atoms with E-state index in [9.17, 15) is 9.90 Å². The first-order valence-electron chi connectivity index (χ1n) is 7.81. The van der Waals surface area contributed by atoms with Crippen LogP contribution in [0.4, 0.5) is 0 Å². The number of aliphatic hydroxyl groups excluding tert-OH is 1. The fourth-order valence-corrected chi connectivity index (χ4v) is 2.94. The number of amides is 1. The quantitative estimate of drug-likeness (QED) is 0.648. The molecule has 8 heteroatoms. The van der Waals surface area contributed by atoms with E-state index in [1.54, 1.807) is 54.2 Å². The molecule has 0 saturated carbocycles. The van der Waals surface area contributed by atoms with E-state index in [-0.39, 0.29) is 19.1 Å². The molecule has 0 aliphatic rings. The Morgan fingerprint density at radius 2 is 2.12 bits per heavy atom. The first-order chi connectivity index (χ1) is 12.6. The van der Waals surface area contributed by atoms with Crippen LogP contribution in [0.25, 0.3) is 0 Å². The second-order valence-electron chi connectivity index (χ2n) is 5.38. The normalized spacial score (nSPS) is 11.8. The van der Waals surface area contributed by atoms with Crippen molar-refractivity contribution in [1.82, 2.24) is 15.3 Å². The molecular weight excluding hydrogens is 374 g/mol. The number of carbonyl (C=O) groups excluding carboxylic acids is 1. The smallest absolute Gasteiger partial charge is 0.270 e. The fraction of sp³-hybridized carbons (Fsp3) is 0.167. The lowest BCUT2D eigenvalue weighted by atomic mass is 10.1. The molecule has 0 bridgehead atoms. The minimum atomic E-state index is -0.820. The van der Waals surface area contributed by atoms with Crippen LogP contribution >= 0.6 is 22.9 Å². The lowest BCUT2D eigenvalue weighted by molar-refractivity contribution is 0.0911. The van der Waals surface area contributed by atoms with E-state index in [0.29, 0.717) is 27.0 Å². The summed E-state index contributed by atoms with van der Waals surface area (Å²) in [4.78, 5) is 20.4. The second-order valence-corrected chi connectivity index (χ2v) is 6.76. The van der Waals surface area contributed by atoms with Gasteiger partial charge in [0.1, 0.15) is 23.1 Å². The number of halogens is 1. The van der Waals surface area contributed by atoms with Gasteiger partial charge in [-0.2, -0.15) is 0 Å². The van der Waals surface area contributed by atoms with Crippen molar-refractivity contribution in [2.75, 3.05) is 6.54 Å². The van der Waals surface area contributed by atoms with Crippen LogP contribution in [0, 0.1) is 0 Å². The van der Waals surface area contributed by atoms with Crippen LogP contribution < -0.4 is 10.1 Å². The highest BCUT2D eigenvalue weighted by Gasteiger charge is 2.14. The Bertz CT molecular complexity index is 856. The molecule has 1 unspecified atom stereocenters. The summed E-state index contributed by atoms with van der Waals surface area (Å²) in [5.41, 5.74) is 0.936. The van der Waals surface area contributed by atoms with E-state index in [2.05, 4.69) is 15.3 Å². The summed E-state index contributed by atoms with van der Waals surface area (Å²) in [7, 11) is 0. The molecule has 3 rings (SSSR count). The van der Waals surface area contributed by atoms with Gasteiger partial charge in [0.25, 0.3) is 5.91 Å². The number of ether oxygens (including phenoxy) is 1. The number of hydrogen-bond acceptors (Lipinski definition) is 6. The van der Waals surface area contributed by atoms with Gasteiger partial charge in [-0.25, -0.2) is 4.98 Å². The molecule has 0 aliphatic heterocycles. The van der Waals surface area contributed by atoms with E-state index < -0.39 is 6.10 Å². The maximum atomic E-state index is 12.2. The summed E-state index contributed by atoms with van der Waals surface area (Å²) < 4.78 is 5.61. The van der Waals surface area contributed by atoms with Crippen molar-refractivity contribution in [2.45, 2.75) is 12.7 Å². The van der Waals surface area contributed by atoms with Crippen LogP contribution in [0.15, 0.2) is 54.2 Å². The third kappa shape index (κ3) is 5.01. The van der Waals surface area contributed by atoms with Gasteiger partial charge in [0, 0.05) is 34.9 Å². The minimum absolute atomic E-state index is 0.0820. The zero-order chi connectivity index (χ0) is 18.4. The molecule has 2 N–H and O–H groups in total. The van der Waals surface area contributed by atoms with E-state index >= 15 is 0 Å². The Kier molecular flexibility index (Phi) is 6.17. The van der Waals surface area contributed by atoms with Gasteiger partial charge in [-0.05, 0) is 30.3 Å². The van der Waals surface area contributed by atoms with Crippen molar-refractivity contribution in [3.63, 3.8) is 0 Å². The number of pyridine rings is 1. The van der Waals surface area contributed by atoms with Crippen LogP contribution in [0.1, 0.15) is 27.2 Å². The van der Waals surface area contributed by atoms with Gasteiger partial charge >= 0.3 is 0 Å². The van der Waals surface area contributed by atoms with Gasteiger partial charge in [-0.1, -0.05) is 17.7 Å². The molecule has 2 aromatic heterocycles. The second kappa shape index (κ2) is 8.75. The molecule has 0 fully saturated rings. The average molecular weight is 390 g/mol. The molecule has 0 aliphatic carbocycles. The highest BCUT2D eigenvalue weighted by molar-refractivity contribution is 7.09. The van der Waals surface area contributed by atoms with Gasteiger partial charge < -0.3 is 15.2 Å². The number of thiazole rings is 1. The van der Waals surface area contributed by atoms with Gasteiger partial charge in [0.05, 0.1) is 6.10 Å². The lowest BCUT2D eigenvalue weighted by Crippen LogP contribution is -2.28. The number of carbonyl (C=O) groups is 1. The first kappa shape index (κ1) is 18.3. The summed E-state index contributed by atoms with van der Waals surface area (Å²) in [6.45, 7) is 0.344. The zero-order valence-corrected chi connectivity index (χ0v) is 15.2. The highest BCUT2D eigenvalue weighted by atomic mass is 35.5. The van der Waals surface area contributed by atoms with Gasteiger partial charge in [0.2, 0.25) is 0 Å². The van der Waals surface area contributed by atoms with E-state index in [1.807, 2.05) is 0 Å². The monoisotopic (exact) mass is 389 g/mol. The maximum Gasteiger partial charge on any atom is 0.270 e. The minimum Gasteiger partial charge on any atom is -0.486 e. The molecule has 26 heavy (non-hydrogen) atoms. The number of benzene rings is 1. The molecule has 0 radical (unpaired) electrons. The zero-order valence-electron chi connectivity index (χ0n) is 13.6. The number of nitrogens with one attached hydrogen (secondary N) is 1. The van der Waals surface area contributed by atoms with Crippen LogP contribution in [-0.4, -0.2) is 27.5 Å². The van der Waals surface area contributed by atoms with Crippen molar-refractivity contribution in [1.29, 1.82) is 0 Å². The Morgan fingerprint density at radius 3 is 2.85 bits per heavy atom. The third-order valence-corrected chi connectivity index (χ3v) is 4.56. The SMILES string of the molecule is O=C(NCC(O)c1cccnc1)c1csc(COc2ccc(Cl)cc2)n1. The molecule has 0 saturated heterocycles. The van der Waals surface area contributed by atoms with Crippen LogP contribution in [-0.2, 0) is 6.61 Å². The Labute approximate surface area is 159 Å². The summed E-state index contributed by atoms with van der Waals surface area (Å²) in [6, 6.07) is 10.5. The Morgan fingerprint density at radius 1 is 1.31 bits per heavy atom. The molecule has 1 atom stereocenters. The standard InChI is InChI=1S/C18H16ClN3O3S/c19-13-3-5-14(6-4-13)25-10-17-22-15(11-26-17)18(24)21-9-16(23)12-2-1-7-20-8-12/h1-8,11,16,23H,9-10H2,(H,21,24). The Hall–Kier alpha value is -2.48. The summed E-state index contributed by atoms with van der Waals surface area (Å²) in [6.07, 6.45) is 2.36. The largest absolute Gasteiger partial charge is 0.486 e. The van der Waals surface area contributed by atoms with Crippen molar-refractivity contribution in [2.24, 2.45) is 0 Å². The van der Waals surface area contributed by atoms with E-state index in [4.69, 9.17) is 16.3 Å². The number of aromatic nitrogens is 2. The number of nitrogens with zero attached hydrogens (tertiary/aromatic N) is 2. The average Bonchev–Trinajstić information content (AvgIpc) is 3.15. The summed E-state index contributed by atoms with van der Waals surface area (Å²) >= 11 is 7.16. The third-order valence-electron chi connectivity index (χ3n) is 3.49. The molecule has 134 valence electrons. The molecule has 1 aromatic carbocycles. The van der Waals surface area contributed by atoms with Crippen molar-refractivity contribution < 1.29 is 14.6 Å². The van der Waals surface area contributed by atoms with Crippen molar-refractivity contribution in [3.05, 3.63) is 75.5 Å². The molecule has 1 amide bonds. The van der Waals surface area contributed by atoms with Crippen LogP contribution in [0.2, 0.25) is 5.02 Å². The number of aliphatic hydroxyl groups is 1. The van der Waals surface area contributed by atoms with Crippen molar-refractivity contribution >= 4 is 28.8 Å². The van der Waals surface area contributed by atoms with Crippen LogP contribution in [0.5, 0.6) is 5.75 Å². The number of hydrogen-bond donors (Lipinski definition) is 2. The topological polar surface area (TPSA) is 84.3 Å². The summed E-state index contributed by atoms with van der Waals surface area (Å²) in [5.74, 6) is 0.331.